The number of anilines is 1. The molecule has 6 nitrogen and oxygen atoms in total. The third-order valence-corrected chi connectivity index (χ3v) is 2.75. The molecule has 0 saturated carbocycles. The number of thiazole rings is 1. The first-order valence-electron chi connectivity index (χ1n) is 4.38. The molecule has 2 heterocycles. The summed E-state index contributed by atoms with van der Waals surface area (Å²) in [6, 6.07) is 1.92. The van der Waals surface area contributed by atoms with Crippen molar-refractivity contribution in [3.63, 3.8) is 0 Å². The van der Waals surface area contributed by atoms with Gasteiger partial charge in [0.05, 0.1) is 17.4 Å². The highest BCUT2D eigenvalue weighted by Crippen LogP contribution is 2.15. The van der Waals surface area contributed by atoms with Gasteiger partial charge in [-0.1, -0.05) is 0 Å². The van der Waals surface area contributed by atoms with E-state index >= 15 is 0 Å². The molecular weight excluding hydrogens is 226 g/mol. The molecule has 0 atom stereocenters. The Labute approximate surface area is 94.9 Å². The fourth-order valence-corrected chi connectivity index (χ4v) is 1.78. The maximum absolute atomic E-state index is 11.7. The summed E-state index contributed by atoms with van der Waals surface area (Å²) < 4.78 is 0. The van der Waals surface area contributed by atoms with Crippen LogP contribution in [0.5, 0.6) is 0 Å². The van der Waals surface area contributed by atoms with Gasteiger partial charge in [-0.15, -0.1) is 11.3 Å². The molecule has 0 spiro atoms. The van der Waals surface area contributed by atoms with Crippen molar-refractivity contribution >= 4 is 23.1 Å². The van der Waals surface area contributed by atoms with Crippen LogP contribution in [0.4, 0.5) is 5.82 Å². The van der Waals surface area contributed by atoms with Gasteiger partial charge < -0.3 is 5.32 Å². The molecule has 2 aromatic heterocycles. The smallest absolute Gasteiger partial charge is 0.268 e. The minimum absolute atomic E-state index is 0.300. The van der Waals surface area contributed by atoms with Gasteiger partial charge in [-0.2, -0.15) is 10.4 Å². The highest BCUT2D eigenvalue weighted by atomic mass is 32.1. The SMILES string of the molecule is Cc1ncc(C(=O)Nc2[nH]ncc2C#N)s1. The topological polar surface area (TPSA) is 94.5 Å². The molecule has 2 rings (SSSR count). The normalized spacial score (nSPS) is 9.75. The van der Waals surface area contributed by atoms with E-state index in [0.29, 0.717) is 16.3 Å². The van der Waals surface area contributed by atoms with Crippen molar-refractivity contribution in [2.45, 2.75) is 6.92 Å². The van der Waals surface area contributed by atoms with Crippen LogP contribution in [0, 0.1) is 18.3 Å². The van der Waals surface area contributed by atoms with Crippen LogP contribution in [0.2, 0.25) is 0 Å². The molecule has 0 unspecified atom stereocenters. The number of aromatic amines is 1. The number of carbonyl (C=O) groups is 1. The Morgan fingerprint density at radius 3 is 3.06 bits per heavy atom. The predicted molar refractivity (Wildman–Crippen MR) is 58.1 cm³/mol. The lowest BCUT2D eigenvalue weighted by Crippen LogP contribution is -2.11. The summed E-state index contributed by atoms with van der Waals surface area (Å²) in [6.45, 7) is 1.82. The molecule has 0 fully saturated rings. The zero-order chi connectivity index (χ0) is 11.5. The van der Waals surface area contributed by atoms with E-state index in [-0.39, 0.29) is 5.91 Å². The zero-order valence-electron chi connectivity index (χ0n) is 8.31. The van der Waals surface area contributed by atoms with Crippen molar-refractivity contribution in [3.8, 4) is 6.07 Å². The molecule has 0 aliphatic carbocycles. The monoisotopic (exact) mass is 233 g/mol. The standard InChI is InChI=1S/C9H7N5OS/c1-5-11-4-7(16-5)9(15)13-8-6(2-10)3-12-14-8/h3-4H,1H3,(H2,12,13,14,15). The summed E-state index contributed by atoms with van der Waals surface area (Å²) >= 11 is 1.29. The van der Waals surface area contributed by atoms with Crippen LogP contribution < -0.4 is 5.32 Å². The lowest BCUT2D eigenvalue weighted by molar-refractivity contribution is 0.103. The maximum Gasteiger partial charge on any atom is 0.268 e. The van der Waals surface area contributed by atoms with Gasteiger partial charge in [0.2, 0.25) is 0 Å². The fraction of sp³-hybridized carbons (Fsp3) is 0.111. The molecule has 0 aliphatic heterocycles. The molecule has 0 saturated heterocycles. The first-order valence-corrected chi connectivity index (χ1v) is 5.19. The van der Waals surface area contributed by atoms with Crippen molar-refractivity contribution in [1.29, 1.82) is 5.26 Å². The van der Waals surface area contributed by atoms with E-state index < -0.39 is 0 Å². The third kappa shape index (κ3) is 1.92. The Morgan fingerprint density at radius 2 is 2.44 bits per heavy atom. The molecule has 7 heteroatoms. The van der Waals surface area contributed by atoms with Crippen molar-refractivity contribution in [3.05, 3.63) is 27.8 Å². The van der Waals surface area contributed by atoms with Crippen LogP contribution in [0.15, 0.2) is 12.4 Å². The lowest BCUT2D eigenvalue weighted by atomic mass is 10.3. The minimum Gasteiger partial charge on any atom is -0.305 e. The molecule has 0 aromatic carbocycles. The zero-order valence-corrected chi connectivity index (χ0v) is 9.13. The van der Waals surface area contributed by atoms with Crippen molar-refractivity contribution in [2.24, 2.45) is 0 Å². The van der Waals surface area contributed by atoms with Gasteiger partial charge in [0, 0.05) is 0 Å². The summed E-state index contributed by atoms with van der Waals surface area (Å²) in [6.07, 6.45) is 2.85. The van der Waals surface area contributed by atoms with Crippen LogP contribution in [0.25, 0.3) is 0 Å². The summed E-state index contributed by atoms with van der Waals surface area (Å²) in [5.41, 5.74) is 0.301. The van der Waals surface area contributed by atoms with Crippen LogP contribution in [-0.2, 0) is 0 Å². The molecule has 1 amide bonds. The number of H-pyrrole nitrogens is 1. The van der Waals surface area contributed by atoms with Gasteiger partial charge in [-0.3, -0.25) is 9.89 Å². The van der Waals surface area contributed by atoms with Crippen LogP contribution in [-0.4, -0.2) is 21.1 Å². The quantitative estimate of drug-likeness (QED) is 0.817. The average Bonchev–Trinajstić information content (AvgIpc) is 2.86. The number of hydrogen-bond donors (Lipinski definition) is 2. The highest BCUT2D eigenvalue weighted by Gasteiger charge is 2.12. The number of aromatic nitrogens is 3. The van der Waals surface area contributed by atoms with Gasteiger partial charge in [0.1, 0.15) is 22.3 Å². The number of aryl methyl sites for hydroxylation is 1. The Balaban J connectivity index is 2.17. The second-order valence-electron chi connectivity index (χ2n) is 2.97. The van der Waals surface area contributed by atoms with Gasteiger partial charge in [-0.25, -0.2) is 4.98 Å². The van der Waals surface area contributed by atoms with Gasteiger partial charge >= 0.3 is 0 Å². The van der Waals surface area contributed by atoms with E-state index in [4.69, 9.17) is 5.26 Å². The number of hydrogen-bond acceptors (Lipinski definition) is 5. The van der Waals surface area contributed by atoms with E-state index in [0.717, 1.165) is 5.01 Å². The highest BCUT2D eigenvalue weighted by molar-refractivity contribution is 7.13. The van der Waals surface area contributed by atoms with Crippen LogP contribution >= 0.6 is 11.3 Å². The van der Waals surface area contributed by atoms with Crippen molar-refractivity contribution in [2.75, 3.05) is 5.32 Å². The van der Waals surface area contributed by atoms with E-state index in [1.807, 2.05) is 13.0 Å². The van der Waals surface area contributed by atoms with Crippen LogP contribution in [0.1, 0.15) is 20.2 Å². The Morgan fingerprint density at radius 1 is 1.62 bits per heavy atom. The largest absolute Gasteiger partial charge is 0.305 e. The maximum atomic E-state index is 11.7. The van der Waals surface area contributed by atoms with E-state index in [2.05, 4.69) is 20.5 Å². The fourth-order valence-electron chi connectivity index (χ4n) is 1.11. The summed E-state index contributed by atoms with van der Waals surface area (Å²) in [4.78, 5) is 16.2. The molecule has 2 aromatic rings. The molecule has 16 heavy (non-hydrogen) atoms. The van der Waals surface area contributed by atoms with Crippen LogP contribution in [0.3, 0.4) is 0 Å². The molecule has 2 N–H and O–H groups in total. The third-order valence-electron chi connectivity index (χ3n) is 1.84. The minimum atomic E-state index is -0.300. The molecule has 0 aliphatic rings. The summed E-state index contributed by atoms with van der Waals surface area (Å²) in [5, 5.41) is 18.3. The van der Waals surface area contributed by atoms with Gasteiger partial charge in [0.15, 0.2) is 0 Å². The first kappa shape index (κ1) is 10.3. The first-order chi connectivity index (χ1) is 7.70. The number of amides is 1. The number of rotatable bonds is 2. The molecule has 0 bridgehead atoms. The lowest BCUT2D eigenvalue weighted by Gasteiger charge is -1.99. The van der Waals surface area contributed by atoms with E-state index in [1.54, 1.807) is 0 Å². The molecule has 80 valence electrons. The molecule has 0 radical (unpaired) electrons. The Bertz CT molecular complexity index is 564. The number of nitrogens with zero attached hydrogens (tertiary/aromatic N) is 3. The Hall–Kier alpha value is -2.20. The predicted octanol–water partition coefficient (Wildman–Crippen LogP) is 1.30. The number of nitrogens with one attached hydrogen (secondary N) is 2. The molecular formula is C9H7N5OS. The Kier molecular flexibility index (Phi) is 2.66. The van der Waals surface area contributed by atoms with Gasteiger partial charge in [0.25, 0.3) is 5.91 Å². The van der Waals surface area contributed by atoms with Crippen molar-refractivity contribution in [1.82, 2.24) is 15.2 Å². The average molecular weight is 233 g/mol. The van der Waals surface area contributed by atoms with Crippen molar-refractivity contribution < 1.29 is 4.79 Å². The second kappa shape index (κ2) is 4.12. The second-order valence-corrected chi connectivity index (χ2v) is 4.20. The summed E-state index contributed by atoms with van der Waals surface area (Å²) in [5.74, 6) is 0.00454. The van der Waals surface area contributed by atoms with E-state index in [9.17, 15) is 4.79 Å². The number of carbonyl (C=O) groups excluding carboxylic acids is 1. The summed E-state index contributed by atoms with van der Waals surface area (Å²) in [7, 11) is 0. The van der Waals surface area contributed by atoms with E-state index in [1.165, 1.54) is 23.7 Å². The number of nitriles is 1. The van der Waals surface area contributed by atoms with Gasteiger partial charge in [-0.05, 0) is 6.92 Å².